The third kappa shape index (κ3) is 2.13. The summed E-state index contributed by atoms with van der Waals surface area (Å²) in [5.74, 6) is 0.946. The van der Waals surface area contributed by atoms with E-state index >= 15 is 0 Å². The van der Waals surface area contributed by atoms with Gasteiger partial charge in [0.05, 0.1) is 18.7 Å². The Bertz CT molecular complexity index is 534. The van der Waals surface area contributed by atoms with E-state index in [2.05, 4.69) is 9.80 Å². The standard InChI is InChI=1S/C16H22N2O2/c1-11-4-5-13(16(20-3)12(11)2)15(19)14-10-17-6-8-18(14)9-7-17/h4-5,14H,6-10H2,1-3H3. The molecule has 0 saturated carbocycles. The summed E-state index contributed by atoms with van der Waals surface area (Å²) in [5.41, 5.74) is 2.96. The number of methoxy groups -OCH3 is 1. The molecule has 3 aliphatic rings. The minimum absolute atomic E-state index is 0.00601. The summed E-state index contributed by atoms with van der Waals surface area (Å²) in [5, 5.41) is 0. The fourth-order valence-electron chi connectivity index (χ4n) is 3.29. The van der Waals surface area contributed by atoms with Crippen molar-refractivity contribution in [3.05, 3.63) is 28.8 Å². The number of rotatable bonds is 3. The van der Waals surface area contributed by atoms with Crippen LogP contribution in [0, 0.1) is 13.8 Å². The average molecular weight is 274 g/mol. The van der Waals surface area contributed by atoms with Crippen molar-refractivity contribution < 1.29 is 9.53 Å². The minimum Gasteiger partial charge on any atom is -0.496 e. The van der Waals surface area contributed by atoms with E-state index in [4.69, 9.17) is 4.74 Å². The monoisotopic (exact) mass is 274 g/mol. The number of benzene rings is 1. The molecule has 3 aliphatic heterocycles. The van der Waals surface area contributed by atoms with Crippen LogP contribution >= 0.6 is 0 Å². The second kappa shape index (κ2) is 5.19. The van der Waals surface area contributed by atoms with E-state index in [1.807, 2.05) is 26.0 Å². The molecule has 1 aromatic rings. The van der Waals surface area contributed by atoms with Gasteiger partial charge in [0.1, 0.15) is 5.75 Å². The SMILES string of the molecule is COc1c(C(=O)C2CN3CCN2CC3)ccc(C)c1C. The third-order valence-electron chi connectivity index (χ3n) is 4.73. The Morgan fingerprint density at radius 3 is 2.45 bits per heavy atom. The summed E-state index contributed by atoms with van der Waals surface area (Å²) in [4.78, 5) is 17.6. The molecule has 4 nitrogen and oxygen atoms in total. The van der Waals surface area contributed by atoms with Crippen LogP contribution in [0.25, 0.3) is 0 Å². The molecule has 4 heteroatoms. The Morgan fingerprint density at radius 2 is 1.90 bits per heavy atom. The fourth-order valence-corrected chi connectivity index (χ4v) is 3.29. The lowest BCUT2D eigenvalue weighted by molar-refractivity contribution is 0.0158. The number of fused-ring (bicyclic) bond motifs is 3. The number of aryl methyl sites for hydroxylation is 1. The lowest BCUT2D eigenvalue weighted by atomic mass is 9.94. The number of hydrogen-bond acceptors (Lipinski definition) is 4. The van der Waals surface area contributed by atoms with Crippen molar-refractivity contribution in [2.75, 3.05) is 39.8 Å². The zero-order valence-electron chi connectivity index (χ0n) is 12.5. The van der Waals surface area contributed by atoms with Crippen molar-refractivity contribution >= 4 is 5.78 Å². The van der Waals surface area contributed by atoms with Gasteiger partial charge in [0.2, 0.25) is 0 Å². The number of ether oxygens (including phenoxy) is 1. The molecule has 1 atom stereocenters. The maximum absolute atomic E-state index is 12.9. The summed E-state index contributed by atoms with van der Waals surface area (Å²) in [7, 11) is 1.65. The zero-order chi connectivity index (χ0) is 14.3. The van der Waals surface area contributed by atoms with Crippen molar-refractivity contribution in [3.8, 4) is 5.75 Å². The van der Waals surface area contributed by atoms with Crippen LogP contribution in [0.2, 0.25) is 0 Å². The van der Waals surface area contributed by atoms with Crippen LogP contribution in [-0.2, 0) is 0 Å². The maximum atomic E-state index is 12.9. The van der Waals surface area contributed by atoms with Gasteiger partial charge in [0.15, 0.2) is 5.78 Å². The van der Waals surface area contributed by atoms with E-state index in [9.17, 15) is 4.79 Å². The normalized spacial score (nSPS) is 28.4. The number of ketones is 1. The first-order valence-electron chi connectivity index (χ1n) is 7.26. The van der Waals surface area contributed by atoms with E-state index in [0.29, 0.717) is 0 Å². The van der Waals surface area contributed by atoms with E-state index in [1.165, 1.54) is 0 Å². The molecule has 0 spiro atoms. The molecule has 108 valence electrons. The second-order valence-corrected chi connectivity index (χ2v) is 5.80. The predicted octanol–water partition coefficient (Wildman–Crippen LogP) is 1.49. The highest BCUT2D eigenvalue weighted by molar-refractivity contribution is 6.03. The molecule has 3 heterocycles. The quantitative estimate of drug-likeness (QED) is 0.782. The first kappa shape index (κ1) is 13.6. The summed E-state index contributed by atoms with van der Waals surface area (Å²) in [6.45, 7) is 9.11. The van der Waals surface area contributed by atoms with Gasteiger partial charge < -0.3 is 4.74 Å². The molecule has 2 bridgehead atoms. The van der Waals surface area contributed by atoms with Gasteiger partial charge in [-0.25, -0.2) is 0 Å². The number of carbonyl (C=O) groups is 1. The molecule has 3 fully saturated rings. The van der Waals surface area contributed by atoms with Crippen molar-refractivity contribution in [2.45, 2.75) is 19.9 Å². The van der Waals surface area contributed by atoms with E-state index in [1.54, 1.807) is 7.11 Å². The Balaban J connectivity index is 1.93. The zero-order valence-corrected chi connectivity index (χ0v) is 12.5. The average Bonchev–Trinajstić information content (AvgIpc) is 2.50. The third-order valence-corrected chi connectivity index (χ3v) is 4.73. The van der Waals surface area contributed by atoms with Crippen LogP contribution in [0.1, 0.15) is 21.5 Å². The highest BCUT2D eigenvalue weighted by Gasteiger charge is 2.37. The number of hydrogen-bond donors (Lipinski definition) is 0. The number of carbonyl (C=O) groups excluding carboxylic acids is 1. The van der Waals surface area contributed by atoms with E-state index in [-0.39, 0.29) is 11.8 Å². The first-order chi connectivity index (χ1) is 9.61. The van der Waals surface area contributed by atoms with Crippen LogP contribution in [0.3, 0.4) is 0 Å². The van der Waals surface area contributed by atoms with Crippen molar-refractivity contribution in [1.29, 1.82) is 0 Å². The van der Waals surface area contributed by atoms with E-state index < -0.39 is 0 Å². The highest BCUT2D eigenvalue weighted by atomic mass is 16.5. The van der Waals surface area contributed by atoms with Gasteiger partial charge in [-0.15, -0.1) is 0 Å². The van der Waals surface area contributed by atoms with E-state index in [0.717, 1.165) is 55.2 Å². The van der Waals surface area contributed by atoms with Gasteiger partial charge >= 0.3 is 0 Å². The van der Waals surface area contributed by atoms with Gasteiger partial charge in [0.25, 0.3) is 0 Å². The fraction of sp³-hybridized carbons (Fsp3) is 0.562. The Kier molecular flexibility index (Phi) is 3.52. The summed E-state index contributed by atoms with van der Waals surface area (Å²) < 4.78 is 5.50. The molecule has 4 rings (SSSR count). The van der Waals surface area contributed by atoms with Crippen LogP contribution in [0.5, 0.6) is 5.75 Å². The Morgan fingerprint density at radius 1 is 1.20 bits per heavy atom. The molecular formula is C16H22N2O2. The Labute approximate surface area is 120 Å². The largest absolute Gasteiger partial charge is 0.496 e. The van der Waals surface area contributed by atoms with Crippen LogP contribution < -0.4 is 4.74 Å². The molecule has 0 radical (unpaired) electrons. The van der Waals surface area contributed by atoms with Gasteiger partial charge in [-0.3, -0.25) is 14.6 Å². The highest BCUT2D eigenvalue weighted by Crippen LogP contribution is 2.29. The molecule has 1 unspecified atom stereocenters. The molecule has 20 heavy (non-hydrogen) atoms. The van der Waals surface area contributed by atoms with Crippen LogP contribution in [-0.4, -0.2) is 61.5 Å². The number of piperazine rings is 3. The topological polar surface area (TPSA) is 32.8 Å². The van der Waals surface area contributed by atoms with Crippen LogP contribution in [0.4, 0.5) is 0 Å². The van der Waals surface area contributed by atoms with Crippen molar-refractivity contribution in [1.82, 2.24) is 9.80 Å². The maximum Gasteiger partial charge on any atom is 0.184 e. The van der Waals surface area contributed by atoms with Gasteiger partial charge in [-0.05, 0) is 31.0 Å². The molecule has 1 aromatic carbocycles. The molecule has 0 amide bonds. The summed E-state index contributed by atoms with van der Waals surface area (Å²) in [6, 6.07) is 3.93. The first-order valence-corrected chi connectivity index (χ1v) is 7.26. The smallest absolute Gasteiger partial charge is 0.184 e. The summed E-state index contributed by atoms with van der Waals surface area (Å²) >= 11 is 0. The van der Waals surface area contributed by atoms with Crippen molar-refractivity contribution in [3.63, 3.8) is 0 Å². The Hall–Kier alpha value is -1.39. The lowest BCUT2D eigenvalue weighted by Gasteiger charge is -2.46. The minimum atomic E-state index is -0.00601. The molecular weight excluding hydrogens is 252 g/mol. The predicted molar refractivity (Wildman–Crippen MR) is 78.6 cm³/mol. The molecule has 0 aromatic heterocycles. The molecule has 3 saturated heterocycles. The second-order valence-electron chi connectivity index (χ2n) is 5.80. The number of Topliss-reactive ketones (excluding diaryl/α,β-unsaturated/α-hetero) is 1. The molecule has 0 N–H and O–H groups in total. The van der Waals surface area contributed by atoms with Gasteiger partial charge in [0, 0.05) is 32.7 Å². The van der Waals surface area contributed by atoms with Crippen LogP contribution in [0.15, 0.2) is 12.1 Å². The van der Waals surface area contributed by atoms with Crippen molar-refractivity contribution in [2.24, 2.45) is 0 Å². The molecule has 0 aliphatic carbocycles. The number of nitrogens with zero attached hydrogens (tertiary/aromatic N) is 2. The summed E-state index contributed by atoms with van der Waals surface area (Å²) in [6.07, 6.45) is 0. The van der Waals surface area contributed by atoms with Gasteiger partial charge in [-0.1, -0.05) is 6.07 Å². The van der Waals surface area contributed by atoms with Gasteiger partial charge in [-0.2, -0.15) is 0 Å². The lowest BCUT2D eigenvalue weighted by Crippen LogP contribution is -2.63.